The van der Waals surface area contributed by atoms with E-state index in [1.165, 1.54) is 7.11 Å². The van der Waals surface area contributed by atoms with Crippen molar-refractivity contribution in [3.8, 4) is 0 Å². The summed E-state index contributed by atoms with van der Waals surface area (Å²) in [5.41, 5.74) is -1.72. The zero-order valence-electron chi connectivity index (χ0n) is 11.1. The largest absolute Gasteiger partial charge is 0.469 e. The number of benzene rings is 1. The van der Waals surface area contributed by atoms with Gasteiger partial charge in [-0.1, -0.05) is 6.92 Å². The molecule has 0 aliphatic heterocycles. The maximum atomic E-state index is 12.6. The SMILES string of the molecule is COC(=O)CC(C)Sc1ccc(C(F)(F)F)cc1[N+](=O)[O-]. The first-order valence-electron chi connectivity index (χ1n) is 5.74. The predicted octanol–water partition coefficient (Wildman–Crippen LogP) is 3.66. The summed E-state index contributed by atoms with van der Waals surface area (Å²) < 4.78 is 42.1. The molecule has 1 aromatic rings. The summed E-state index contributed by atoms with van der Waals surface area (Å²) in [6.45, 7) is 1.63. The number of nitrogens with zero attached hydrogens (tertiary/aromatic N) is 1. The summed E-state index contributed by atoms with van der Waals surface area (Å²) in [6.07, 6.45) is -4.65. The number of thioether (sulfide) groups is 1. The van der Waals surface area contributed by atoms with Crippen molar-refractivity contribution in [2.45, 2.75) is 29.7 Å². The number of nitro benzene ring substituents is 1. The van der Waals surface area contributed by atoms with Gasteiger partial charge in [0.2, 0.25) is 0 Å². The number of methoxy groups -OCH3 is 1. The lowest BCUT2D eigenvalue weighted by Gasteiger charge is -2.12. The fourth-order valence-corrected chi connectivity index (χ4v) is 2.57. The summed E-state index contributed by atoms with van der Waals surface area (Å²) in [4.78, 5) is 21.2. The second-order valence-electron chi connectivity index (χ2n) is 4.15. The topological polar surface area (TPSA) is 69.4 Å². The first kappa shape index (κ1) is 17.3. The third kappa shape index (κ3) is 4.92. The van der Waals surface area contributed by atoms with E-state index < -0.39 is 28.3 Å². The smallest absolute Gasteiger partial charge is 0.416 e. The highest BCUT2D eigenvalue weighted by atomic mass is 32.2. The summed E-state index contributed by atoms with van der Waals surface area (Å²) in [5, 5.41) is 10.5. The minimum absolute atomic E-state index is 0.000652. The fourth-order valence-electron chi connectivity index (χ4n) is 1.51. The molecule has 0 spiro atoms. The van der Waals surface area contributed by atoms with E-state index in [0.717, 1.165) is 23.9 Å². The van der Waals surface area contributed by atoms with E-state index in [9.17, 15) is 28.1 Å². The van der Waals surface area contributed by atoms with E-state index in [1.807, 2.05) is 0 Å². The molecule has 0 heterocycles. The molecule has 1 atom stereocenters. The van der Waals surface area contributed by atoms with E-state index in [1.54, 1.807) is 6.92 Å². The number of ether oxygens (including phenoxy) is 1. The molecule has 1 unspecified atom stereocenters. The van der Waals surface area contributed by atoms with Crippen molar-refractivity contribution < 1.29 is 27.6 Å². The van der Waals surface area contributed by atoms with Gasteiger partial charge >= 0.3 is 12.1 Å². The molecular weight excluding hydrogens is 311 g/mol. The zero-order valence-corrected chi connectivity index (χ0v) is 12.0. The number of carbonyl (C=O) groups excluding carboxylic acids is 1. The molecule has 0 fully saturated rings. The second-order valence-corrected chi connectivity index (χ2v) is 5.63. The molecule has 0 saturated heterocycles. The molecule has 1 aromatic carbocycles. The lowest BCUT2D eigenvalue weighted by molar-refractivity contribution is -0.388. The first-order valence-corrected chi connectivity index (χ1v) is 6.62. The third-order valence-electron chi connectivity index (χ3n) is 2.49. The molecule has 0 amide bonds. The van der Waals surface area contributed by atoms with Crippen LogP contribution in [0.5, 0.6) is 0 Å². The Morgan fingerprint density at radius 1 is 1.48 bits per heavy atom. The quantitative estimate of drug-likeness (QED) is 0.358. The van der Waals surface area contributed by atoms with Crippen molar-refractivity contribution in [2.24, 2.45) is 0 Å². The van der Waals surface area contributed by atoms with Crippen LogP contribution in [0.25, 0.3) is 0 Å². The molecule has 0 radical (unpaired) electrons. The molecule has 0 aliphatic carbocycles. The van der Waals surface area contributed by atoms with E-state index >= 15 is 0 Å². The van der Waals surface area contributed by atoms with Gasteiger partial charge in [-0.25, -0.2) is 0 Å². The average molecular weight is 323 g/mol. The van der Waals surface area contributed by atoms with Gasteiger partial charge in [-0.05, 0) is 12.1 Å². The highest BCUT2D eigenvalue weighted by Crippen LogP contribution is 2.38. The van der Waals surface area contributed by atoms with Crippen molar-refractivity contribution in [3.05, 3.63) is 33.9 Å². The molecule has 0 saturated carbocycles. The molecule has 0 N–H and O–H groups in total. The van der Waals surface area contributed by atoms with Crippen LogP contribution >= 0.6 is 11.8 Å². The van der Waals surface area contributed by atoms with Gasteiger partial charge < -0.3 is 4.74 Å². The minimum atomic E-state index is -4.65. The Morgan fingerprint density at radius 2 is 2.10 bits per heavy atom. The van der Waals surface area contributed by atoms with E-state index in [0.29, 0.717) is 6.07 Å². The summed E-state index contributed by atoms with van der Waals surface area (Å²) in [6, 6.07) is 2.31. The average Bonchev–Trinajstić information content (AvgIpc) is 2.37. The summed E-state index contributed by atoms with van der Waals surface area (Å²) >= 11 is 0.952. The Hall–Kier alpha value is -1.77. The van der Waals surface area contributed by atoms with Gasteiger partial charge in [-0.2, -0.15) is 13.2 Å². The maximum absolute atomic E-state index is 12.6. The predicted molar refractivity (Wildman–Crippen MR) is 70.1 cm³/mol. The van der Waals surface area contributed by atoms with Crippen LogP contribution in [-0.2, 0) is 15.7 Å². The summed E-state index contributed by atoms with van der Waals surface area (Å²) in [7, 11) is 1.21. The highest BCUT2D eigenvalue weighted by molar-refractivity contribution is 8.00. The Morgan fingerprint density at radius 3 is 2.57 bits per heavy atom. The molecule has 9 heteroatoms. The van der Waals surface area contributed by atoms with Crippen LogP contribution in [0.15, 0.2) is 23.1 Å². The van der Waals surface area contributed by atoms with E-state index in [2.05, 4.69) is 4.74 Å². The molecular formula is C12H12F3NO4S. The van der Waals surface area contributed by atoms with Gasteiger partial charge in [0.15, 0.2) is 0 Å². The lowest BCUT2D eigenvalue weighted by Crippen LogP contribution is -2.09. The van der Waals surface area contributed by atoms with Crippen LogP contribution in [-0.4, -0.2) is 23.3 Å². The molecule has 116 valence electrons. The van der Waals surface area contributed by atoms with Gasteiger partial charge in [-0.3, -0.25) is 14.9 Å². The van der Waals surface area contributed by atoms with E-state index in [-0.39, 0.29) is 16.6 Å². The number of hydrogen-bond donors (Lipinski definition) is 0. The second kappa shape index (κ2) is 6.79. The van der Waals surface area contributed by atoms with Crippen LogP contribution in [0, 0.1) is 10.1 Å². The Bertz CT molecular complexity index is 548. The number of carbonyl (C=O) groups is 1. The van der Waals surface area contributed by atoms with Gasteiger partial charge in [0.25, 0.3) is 5.69 Å². The molecule has 0 aliphatic rings. The number of alkyl halides is 3. The molecule has 0 bridgehead atoms. The van der Waals surface area contributed by atoms with Crippen LogP contribution in [0.4, 0.5) is 18.9 Å². The maximum Gasteiger partial charge on any atom is 0.416 e. The molecule has 21 heavy (non-hydrogen) atoms. The van der Waals surface area contributed by atoms with Crippen molar-refractivity contribution >= 4 is 23.4 Å². The molecule has 5 nitrogen and oxygen atoms in total. The number of halogens is 3. The first-order chi connectivity index (χ1) is 9.65. The lowest BCUT2D eigenvalue weighted by atomic mass is 10.2. The Kier molecular flexibility index (Phi) is 5.59. The van der Waals surface area contributed by atoms with Crippen molar-refractivity contribution in [3.63, 3.8) is 0 Å². The van der Waals surface area contributed by atoms with Gasteiger partial charge in [0.1, 0.15) is 0 Å². The minimum Gasteiger partial charge on any atom is -0.469 e. The Labute approximate surface area is 122 Å². The monoisotopic (exact) mass is 323 g/mol. The van der Waals surface area contributed by atoms with Gasteiger partial charge in [0.05, 0.1) is 28.9 Å². The molecule has 1 rings (SSSR count). The third-order valence-corrected chi connectivity index (χ3v) is 3.66. The van der Waals surface area contributed by atoms with E-state index in [4.69, 9.17) is 0 Å². The molecule has 0 aromatic heterocycles. The van der Waals surface area contributed by atoms with Gasteiger partial charge in [-0.15, -0.1) is 11.8 Å². The Balaban J connectivity index is 3.02. The summed E-state index contributed by atoms with van der Waals surface area (Å²) in [5.74, 6) is -0.496. The van der Waals surface area contributed by atoms with Crippen LogP contribution < -0.4 is 0 Å². The normalized spacial score (nSPS) is 12.8. The van der Waals surface area contributed by atoms with Crippen molar-refractivity contribution in [2.75, 3.05) is 7.11 Å². The number of esters is 1. The zero-order chi connectivity index (χ0) is 16.2. The fraction of sp³-hybridized carbons (Fsp3) is 0.417. The van der Waals surface area contributed by atoms with Crippen LogP contribution in [0.2, 0.25) is 0 Å². The number of rotatable bonds is 5. The van der Waals surface area contributed by atoms with Gasteiger partial charge in [0, 0.05) is 11.3 Å². The standard InChI is InChI=1S/C12H12F3NO4S/c1-7(5-11(17)20-2)21-10-4-3-8(12(13,14)15)6-9(10)16(18)19/h3-4,6-7H,5H2,1-2H3. The highest BCUT2D eigenvalue weighted by Gasteiger charge is 2.33. The number of nitro groups is 1. The van der Waals surface area contributed by atoms with Crippen LogP contribution in [0.1, 0.15) is 18.9 Å². The van der Waals surface area contributed by atoms with Crippen LogP contribution in [0.3, 0.4) is 0 Å². The van der Waals surface area contributed by atoms with Crippen molar-refractivity contribution in [1.82, 2.24) is 0 Å². The van der Waals surface area contributed by atoms with Crippen molar-refractivity contribution in [1.29, 1.82) is 0 Å². The number of hydrogen-bond acceptors (Lipinski definition) is 5.